The van der Waals surface area contributed by atoms with Crippen LogP contribution in [0.4, 0.5) is 0 Å². The molecule has 130 valence electrons. The molecule has 1 N–H and O–H groups in total. The predicted molar refractivity (Wildman–Crippen MR) is 89.4 cm³/mol. The van der Waals surface area contributed by atoms with Gasteiger partial charge in [-0.1, -0.05) is 11.6 Å². The quantitative estimate of drug-likeness (QED) is 0.892. The molecule has 7 heteroatoms. The van der Waals surface area contributed by atoms with Gasteiger partial charge in [-0.05, 0) is 30.7 Å². The van der Waals surface area contributed by atoms with Crippen molar-refractivity contribution in [3.63, 3.8) is 0 Å². The number of carbonyl (C=O) groups excluding carboxylic acids is 1. The number of hydrogen-bond acceptors (Lipinski definition) is 4. The fourth-order valence-electron chi connectivity index (χ4n) is 3.50. The third kappa shape index (κ3) is 3.71. The number of aryl methyl sites for hydroxylation is 1. The Balaban J connectivity index is 1.82. The van der Waals surface area contributed by atoms with Crippen LogP contribution in [0.3, 0.4) is 0 Å². The van der Waals surface area contributed by atoms with Crippen molar-refractivity contribution >= 4 is 23.5 Å². The Bertz CT molecular complexity index is 651. The Kier molecular flexibility index (Phi) is 5.08. The molecule has 6 nitrogen and oxygen atoms in total. The number of carboxylic acid groups (broad SMARTS) is 1. The molecule has 0 aliphatic carbocycles. The lowest BCUT2D eigenvalue weighted by Crippen LogP contribution is -2.47. The molecule has 2 saturated heterocycles. The van der Waals surface area contributed by atoms with Crippen LogP contribution in [-0.2, 0) is 9.53 Å². The molecule has 2 bridgehead atoms. The van der Waals surface area contributed by atoms with E-state index in [0.29, 0.717) is 43.4 Å². The van der Waals surface area contributed by atoms with Gasteiger partial charge in [-0.3, -0.25) is 14.5 Å². The van der Waals surface area contributed by atoms with Crippen LogP contribution in [0.15, 0.2) is 18.2 Å². The van der Waals surface area contributed by atoms with E-state index in [-0.39, 0.29) is 24.4 Å². The number of nitrogens with zero attached hydrogens (tertiary/aromatic N) is 2. The van der Waals surface area contributed by atoms with Crippen molar-refractivity contribution in [2.24, 2.45) is 5.92 Å². The van der Waals surface area contributed by atoms with Gasteiger partial charge in [0.2, 0.25) is 0 Å². The number of amides is 1. The smallest absolute Gasteiger partial charge is 0.317 e. The SMILES string of the molecule is Cc1cc(Cl)ccc1C(=O)N1C[C@@H]2COC[C@H](C1)N(CC(=O)O)C2. The molecule has 1 amide bonds. The third-order valence-electron chi connectivity index (χ3n) is 4.63. The molecule has 2 fully saturated rings. The van der Waals surface area contributed by atoms with Gasteiger partial charge < -0.3 is 14.7 Å². The molecule has 2 atom stereocenters. The molecule has 0 aromatic heterocycles. The molecule has 0 unspecified atom stereocenters. The van der Waals surface area contributed by atoms with Crippen molar-refractivity contribution in [1.29, 1.82) is 0 Å². The summed E-state index contributed by atoms with van der Waals surface area (Å²) in [4.78, 5) is 27.8. The molecule has 2 aliphatic heterocycles. The summed E-state index contributed by atoms with van der Waals surface area (Å²) in [5.41, 5.74) is 1.49. The number of carboxylic acids is 1. The second-order valence-electron chi connectivity index (χ2n) is 6.55. The Hall–Kier alpha value is -1.63. The number of fused-ring (bicyclic) bond motifs is 3. The molecular weight excluding hydrogens is 332 g/mol. The van der Waals surface area contributed by atoms with Crippen molar-refractivity contribution in [2.45, 2.75) is 13.0 Å². The average molecular weight is 353 g/mol. The maximum absolute atomic E-state index is 13.0. The van der Waals surface area contributed by atoms with E-state index in [1.807, 2.05) is 16.7 Å². The summed E-state index contributed by atoms with van der Waals surface area (Å²) in [5.74, 6) is -0.763. The number of aliphatic carboxylic acids is 1. The van der Waals surface area contributed by atoms with Crippen LogP contribution in [-0.4, -0.2) is 72.2 Å². The zero-order chi connectivity index (χ0) is 17.3. The number of benzene rings is 1. The highest BCUT2D eigenvalue weighted by Crippen LogP contribution is 2.23. The molecule has 0 saturated carbocycles. The molecule has 1 aromatic rings. The highest BCUT2D eigenvalue weighted by Gasteiger charge is 2.36. The van der Waals surface area contributed by atoms with E-state index in [0.717, 1.165) is 5.56 Å². The fourth-order valence-corrected chi connectivity index (χ4v) is 3.73. The molecule has 0 radical (unpaired) electrons. The van der Waals surface area contributed by atoms with Gasteiger partial charge in [-0.25, -0.2) is 0 Å². The van der Waals surface area contributed by atoms with E-state index in [1.54, 1.807) is 18.2 Å². The largest absolute Gasteiger partial charge is 0.480 e. The first kappa shape index (κ1) is 17.2. The number of carbonyl (C=O) groups is 2. The summed E-state index contributed by atoms with van der Waals surface area (Å²) in [6.07, 6.45) is 0. The van der Waals surface area contributed by atoms with Crippen LogP contribution in [0, 0.1) is 12.8 Å². The van der Waals surface area contributed by atoms with Crippen molar-refractivity contribution in [3.8, 4) is 0 Å². The first-order chi connectivity index (χ1) is 11.4. The van der Waals surface area contributed by atoms with Crippen LogP contribution >= 0.6 is 11.6 Å². The monoisotopic (exact) mass is 352 g/mol. The highest BCUT2D eigenvalue weighted by atomic mass is 35.5. The normalized spacial score (nSPS) is 24.5. The first-order valence-corrected chi connectivity index (χ1v) is 8.41. The van der Waals surface area contributed by atoms with Gasteiger partial charge >= 0.3 is 5.97 Å². The van der Waals surface area contributed by atoms with Gasteiger partial charge in [0, 0.05) is 36.1 Å². The topological polar surface area (TPSA) is 70.1 Å². The summed E-state index contributed by atoms with van der Waals surface area (Å²) < 4.78 is 5.66. The molecule has 0 spiro atoms. The second kappa shape index (κ2) is 7.09. The molecule has 3 rings (SSSR count). The minimum Gasteiger partial charge on any atom is -0.480 e. The summed E-state index contributed by atoms with van der Waals surface area (Å²) in [5, 5.41) is 9.73. The van der Waals surface area contributed by atoms with Crippen LogP contribution in [0.1, 0.15) is 15.9 Å². The highest BCUT2D eigenvalue weighted by molar-refractivity contribution is 6.30. The van der Waals surface area contributed by atoms with Crippen LogP contribution in [0.25, 0.3) is 0 Å². The van der Waals surface area contributed by atoms with Crippen LogP contribution in [0.5, 0.6) is 0 Å². The standard InChI is InChI=1S/C17H21ClN2O4/c1-11-4-13(18)2-3-15(11)17(23)20-6-12-5-19(8-16(21)22)14(7-20)10-24-9-12/h2-4,12,14H,5-10H2,1H3,(H,21,22)/t12-,14+/m1/s1. The second-order valence-corrected chi connectivity index (χ2v) is 6.99. The first-order valence-electron chi connectivity index (χ1n) is 8.03. The van der Waals surface area contributed by atoms with Gasteiger partial charge in [0.1, 0.15) is 0 Å². The van der Waals surface area contributed by atoms with Gasteiger partial charge in [0.15, 0.2) is 0 Å². The zero-order valence-corrected chi connectivity index (χ0v) is 14.3. The lowest BCUT2D eigenvalue weighted by molar-refractivity contribution is -0.139. The van der Waals surface area contributed by atoms with E-state index < -0.39 is 5.97 Å². The molecular formula is C17H21ClN2O4. The average Bonchev–Trinajstić information content (AvgIpc) is 2.75. The summed E-state index contributed by atoms with van der Waals surface area (Å²) >= 11 is 5.98. The predicted octanol–water partition coefficient (Wildman–Crippen LogP) is 1.51. The summed E-state index contributed by atoms with van der Waals surface area (Å²) in [6, 6.07) is 5.17. The van der Waals surface area contributed by atoms with E-state index in [9.17, 15) is 9.59 Å². The number of hydrogen-bond donors (Lipinski definition) is 1. The lowest BCUT2D eigenvalue weighted by Gasteiger charge is -2.31. The maximum atomic E-state index is 13.0. The molecule has 1 aromatic carbocycles. The molecule has 2 heterocycles. The third-order valence-corrected chi connectivity index (χ3v) is 4.86. The van der Waals surface area contributed by atoms with Crippen LogP contribution in [0.2, 0.25) is 5.02 Å². The lowest BCUT2D eigenvalue weighted by atomic mass is 10.1. The van der Waals surface area contributed by atoms with Gasteiger partial charge in [-0.2, -0.15) is 0 Å². The number of ether oxygens (including phenoxy) is 1. The van der Waals surface area contributed by atoms with Crippen molar-refractivity contribution in [2.75, 3.05) is 39.4 Å². The van der Waals surface area contributed by atoms with E-state index in [2.05, 4.69) is 0 Å². The van der Waals surface area contributed by atoms with Gasteiger partial charge in [0.25, 0.3) is 5.91 Å². The Morgan fingerprint density at radius 2 is 2.08 bits per heavy atom. The minimum atomic E-state index is -0.853. The maximum Gasteiger partial charge on any atom is 0.317 e. The summed E-state index contributed by atoms with van der Waals surface area (Å²) in [7, 11) is 0. The van der Waals surface area contributed by atoms with Crippen molar-refractivity contribution in [1.82, 2.24) is 9.80 Å². The number of rotatable bonds is 3. The summed E-state index contributed by atoms with van der Waals surface area (Å²) in [6.45, 7) is 4.55. The van der Waals surface area contributed by atoms with E-state index in [1.165, 1.54) is 0 Å². The van der Waals surface area contributed by atoms with Gasteiger partial charge in [-0.15, -0.1) is 0 Å². The van der Waals surface area contributed by atoms with Gasteiger partial charge in [0.05, 0.1) is 25.8 Å². The Morgan fingerprint density at radius 3 is 2.79 bits per heavy atom. The molecule has 2 aliphatic rings. The van der Waals surface area contributed by atoms with E-state index >= 15 is 0 Å². The number of halogens is 1. The fraction of sp³-hybridized carbons (Fsp3) is 0.529. The van der Waals surface area contributed by atoms with Crippen LogP contribution < -0.4 is 0 Å². The molecule has 24 heavy (non-hydrogen) atoms. The van der Waals surface area contributed by atoms with E-state index in [4.69, 9.17) is 21.4 Å². The zero-order valence-electron chi connectivity index (χ0n) is 13.6. The Labute approximate surface area is 145 Å². The van der Waals surface area contributed by atoms with Crippen molar-refractivity contribution in [3.05, 3.63) is 34.3 Å². The van der Waals surface area contributed by atoms with Crippen molar-refractivity contribution < 1.29 is 19.4 Å². The minimum absolute atomic E-state index is 0.0213. The Morgan fingerprint density at radius 1 is 1.29 bits per heavy atom.